The van der Waals surface area contributed by atoms with Gasteiger partial charge in [0.1, 0.15) is 5.76 Å². The summed E-state index contributed by atoms with van der Waals surface area (Å²) in [5.74, 6) is 1.34. The molecule has 5 nitrogen and oxygen atoms in total. The summed E-state index contributed by atoms with van der Waals surface area (Å²) in [6, 6.07) is 3.37. The van der Waals surface area contributed by atoms with Crippen molar-refractivity contribution in [2.24, 2.45) is 5.92 Å². The molecule has 2 N–H and O–H groups in total. The maximum Gasteiger partial charge on any atom is 0.235 e. The molecule has 0 aliphatic carbocycles. The number of furan rings is 1. The Morgan fingerprint density at radius 1 is 1.53 bits per heavy atom. The zero-order chi connectivity index (χ0) is 12.3. The Labute approximate surface area is 102 Å². The summed E-state index contributed by atoms with van der Waals surface area (Å²) in [5, 5.41) is 3.21. The van der Waals surface area contributed by atoms with Crippen LogP contribution in [0.4, 0.5) is 5.88 Å². The molecule has 1 saturated heterocycles. The van der Waals surface area contributed by atoms with E-state index >= 15 is 0 Å². The number of piperidine rings is 1. The number of aryl methyl sites for hydroxylation is 1. The van der Waals surface area contributed by atoms with Crippen LogP contribution in [0, 0.1) is 12.8 Å². The predicted molar refractivity (Wildman–Crippen MR) is 66.4 cm³/mol. The van der Waals surface area contributed by atoms with Crippen molar-refractivity contribution in [1.82, 2.24) is 5.32 Å². The van der Waals surface area contributed by atoms with Gasteiger partial charge in [0, 0.05) is 6.07 Å². The Morgan fingerprint density at radius 2 is 2.35 bits per heavy atom. The largest absolute Gasteiger partial charge is 0.445 e. The molecule has 0 saturated carbocycles. The summed E-state index contributed by atoms with van der Waals surface area (Å²) in [7, 11) is -3.30. The Balaban J connectivity index is 1.94. The van der Waals surface area contributed by atoms with Crippen LogP contribution in [-0.2, 0) is 10.0 Å². The van der Waals surface area contributed by atoms with Gasteiger partial charge in [-0.2, -0.15) is 0 Å². The highest BCUT2D eigenvalue weighted by Crippen LogP contribution is 2.17. The highest BCUT2D eigenvalue weighted by Gasteiger charge is 2.21. The van der Waals surface area contributed by atoms with Gasteiger partial charge in [-0.15, -0.1) is 0 Å². The van der Waals surface area contributed by atoms with Crippen molar-refractivity contribution in [2.45, 2.75) is 19.8 Å². The molecule has 1 aliphatic heterocycles. The lowest BCUT2D eigenvalue weighted by Gasteiger charge is -2.22. The van der Waals surface area contributed by atoms with Gasteiger partial charge in [-0.05, 0) is 44.8 Å². The maximum atomic E-state index is 11.9. The molecule has 0 amide bonds. The zero-order valence-corrected chi connectivity index (χ0v) is 10.7. The topological polar surface area (TPSA) is 71.3 Å². The summed E-state index contributed by atoms with van der Waals surface area (Å²) < 4.78 is 31.4. The highest BCUT2D eigenvalue weighted by atomic mass is 32.2. The van der Waals surface area contributed by atoms with E-state index in [0.717, 1.165) is 25.9 Å². The van der Waals surface area contributed by atoms with Gasteiger partial charge in [0.05, 0.1) is 5.75 Å². The Morgan fingerprint density at radius 3 is 2.94 bits per heavy atom. The molecule has 2 heterocycles. The third-order valence-electron chi connectivity index (χ3n) is 2.85. The second-order valence-corrected chi connectivity index (χ2v) is 6.27. The van der Waals surface area contributed by atoms with E-state index in [1.807, 2.05) is 0 Å². The van der Waals surface area contributed by atoms with Gasteiger partial charge in [-0.3, -0.25) is 4.72 Å². The molecule has 1 atom stereocenters. The lowest BCUT2D eigenvalue weighted by Crippen LogP contribution is -2.35. The monoisotopic (exact) mass is 258 g/mol. The highest BCUT2D eigenvalue weighted by molar-refractivity contribution is 7.92. The second-order valence-electron chi connectivity index (χ2n) is 4.51. The minimum absolute atomic E-state index is 0.153. The minimum Gasteiger partial charge on any atom is -0.445 e. The maximum absolute atomic E-state index is 11.9. The third kappa shape index (κ3) is 3.74. The van der Waals surface area contributed by atoms with Crippen molar-refractivity contribution in [3.05, 3.63) is 17.9 Å². The molecular formula is C11H18N2O3S. The molecule has 2 rings (SSSR count). The first-order valence-corrected chi connectivity index (χ1v) is 7.48. The molecule has 0 spiro atoms. The number of rotatable bonds is 4. The summed E-state index contributed by atoms with van der Waals surface area (Å²) in [6.45, 7) is 3.54. The van der Waals surface area contributed by atoms with Crippen molar-refractivity contribution < 1.29 is 12.8 Å². The van der Waals surface area contributed by atoms with Crippen LogP contribution in [0.15, 0.2) is 16.5 Å². The van der Waals surface area contributed by atoms with Crippen LogP contribution in [0.1, 0.15) is 18.6 Å². The molecule has 1 aromatic heterocycles. The van der Waals surface area contributed by atoms with Crippen LogP contribution >= 0.6 is 0 Å². The minimum atomic E-state index is -3.30. The molecule has 0 radical (unpaired) electrons. The van der Waals surface area contributed by atoms with E-state index < -0.39 is 10.0 Å². The Hall–Kier alpha value is -1.01. The van der Waals surface area contributed by atoms with Crippen molar-refractivity contribution in [3.63, 3.8) is 0 Å². The van der Waals surface area contributed by atoms with Crippen LogP contribution in [0.2, 0.25) is 0 Å². The van der Waals surface area contributed by atoms with E-state index in [4.69, 9.17) is 4.42 Å². The van der Waals surface area contributed by atoms with E-state index in [-0.39, 0.29) is 11.7 Å². The van der Waals surface area contributed by atoms with Gasteiger partial charge in [-0.25, -0.2) is 8.42 Å². The number of sulfonamides is 1. The Kier molecular flexibility index (Phi) is 3.73. The van der Waals surface area contributed by atoms with Gasteiger partial charge in [-0.1, -0.05) is 0 Å². The molecule has 1 aromatic rings. The van der Waals surface area contributed by atoms with Gasteiger partial charge in [0.2, 0.25) is 15.9 Å². The second kappa shape index (κ2) is 5.10. The van der Waals surface area contributed by atoms with E-state index in [1.54, 1.807) is 19.1 Å². The first-order chi connectivity index (χ1) is 8.05. The number of hydrogen-bond donors (Lipinski definition) is 2. The predicted octanol–water partition coefficient (Wildman–Crippen LogP) is 1.33. The smallest absolute Gasteiger partial charge is 0.235 e. The Bertz CT molecular complexity index is 461. The van der Waals surface area contributed by atoms with Crippen molar-refractivity contribution >= 4 is 15.9 Å². The molecule has 96 valence electrons. The molecular weight excluding hydrogens is 240 g/mol. The summed E-state index contributed by atoms with van der Waals surface area (Å²) in [5.41, 5.74) is 0. The molecule has 0 aromatic carbocycles. The zero-order valence-electron chi connectivity index (χ0n) is 9.90. The standard InChI is InChI=1S/C11H18N2O3S/c1-9-4-5-11(16-9)13-17(14,15)8-10-3-2-6-12-7-10/h4-5,10,12-13H,2-3,6-8H2,1H3. The normalized spacial score (nSPS) is 21.4. The van der Waals surface area contributed by atoms with Crippen LogP contribution in [0.5, 0.6) is 0 Å². The van der Waals surface area contributed by atoms with Crippen molar-refractivity contribution in [2.75, 3.05) is 23.6 Å². The SMILES string of the molecule is Cc1ccc(NS(=O)(=O)CC2CCCNC2)o1. The van der Waals surface area contributed by atoms with Crippen LogP contribution < -0.4 is 10.0 Å². The molecule has 1 unspecified atom stereocenters. The first kappa shape index (κ1) is 12.4. The van der Waals surface area contributed by atoms with Gasteiger partial charge in [0.25, 0.3) is 0 Å². The number of nitrogens with one attached hydrogen (secondary N) is 2. The summed E-state index contributed by atoms with van der Waals surface area (Å²) in [4.78, 5) is 0. The molecule has 6 heteroatoms. The van der Waals surface area contributed by atoms with Crippen molar-refractivity contribution in [3.8, 4) is 0 Å². The van der Waals surface area contributed by atoms with E-state index in [1.165, 1.54) is 0 Å². The fourth-order valence-corrected chi connectivity index (χ4v) is 3.47. The van der Waals surface area contributed by atoms with E-state index in [2.05, 4.69) is 10.0 Å². The quantitative estimate of drug-likeness (QED) is 0.854. The lowest BCUT2D eigenvalue weighted by atomic mass is 10.0. The average molecular weight is 258 g/mol. The van der Waals surface area contributed by atoms with E-state index in [0.29, 0.717) is 11.6 Å². The van der Waals surface area contributed by atoms with E-state index in [9.17, 15) is 8.42 Å². The van der Waals surface area contributed by atoms with Gasteiger partial charge >= 0.3 is 0 Å². The average Bonchev–Trinajstić information content (AvgIpc) is 2.63. The fourth-order valence-electron chi connectivity index (χ4n) is 2.06. The number of hydrogen-bond acceptors (Lipinski definition) is 4. The third-order valence-corrected chi connectivity index (χ3v) is 4.27. The molecule has 0 bridgehead atoms. The molecule has 1 fully saturated rings. The molecule has 17 heavy (non-hydrogen) atoms. The first-order valence-electron chi connectivity index (χ1n) is 5.83. The van der Waals surface area contributed by atoms with Crippen LogP contribution in [0.25, 0.3) is 0 Å². The fraction of sp³-hybridized carbons (Fsp3) is 0.636. The lowest BCUT2D eigenvalue weighted by molar-refractivity contribution is 0.404. The summed E-state index contributed by atoms with van der Waals surface area (Å²) >= 11 is 0. The summed E-state index contributed by atoms with van der Waals surface area (Å²) in [6.07, 6.45) is 2.01. The van der Waals surface area contributed by atoms with Crippen LogP contribution in [0.3, 0.4) is 0 Å². The molecule has 1 aliphatic rings. The van der Waals surface area contributed by atoms with Crippen LogP contribution in [-0.4, -0.2) is 27.3 Å². The van der Waals surface area contributed by atoms with Gasteiger partial charge in [0.15, 0.2) is 0 Å². The van der Waals surface area contributed by atoms with Crippen molar-refractivity contribution in [1.29, 1.82) is 0 Å². The number of anilines is 1. The van der Waals surface area contributed by atoms with Gasteiger partial charge < -0.3 is 9.73 Å².